The van der Waals surface area contributed by atoms with Crippen molar-refractivity contribution in [3.05, 3.63) is 86.2 Å². The second-order valence-corrected chi connectivity index (χ2v) is 6.41. The Balaban J connectivity index is 1.95. The summed E-state index contributed by atoms with van der Waals surface area (Å²) in [6.45, 7) is 0. The average Bonchev–Trinajstić information content (AvgIpc) is 3.00. The Hall–Kier alpha value is -3.41. The molecule has 0 bridgehead atoms. The summed E-state index contributed by atoms with van der Waals surface area (Å²) in [7, 11) is 0. The maximum Gasteiger partial charge on any atom is 0.339 e. The van der Waals surface area contributed by atoms with Crippen LogP contribution in [0.1, 0.15) is 17.2 Å². The van der Waals surface area contributed by atoms with Gasteiger partial charge in [0.15, 0.2) is 5.58 Å². The molecule has 3 heterocycles. The lowest BCUT2D eigenvalue weighted by Gasteiger charge is -2.16. The minimum absolute atomic E-state index is 0.0248. The first-order chi connectivity index (χ1) is 12.5. The molecule has 4 aromatic rings. The number of fused-ring (bicyclic) bond motifs is 2. The predicted octanol–water partition coefficient (Wildman–Crippen LogP) is 3.10. The molecule has 0 saturated heterocycles. The average molecular weight is 349 g/mol. The number of aromatic hydroxyl groups is 1. The van der Waals surface area contributed by atoms with Gasteiger partial charge in [0.25, 0.3) is 5.56 Å². The van der Waals surface area contributed by atoms with Crippen LogP contribution in [0.25, 0.3) is 21.9 Å². The quantitative estimate of drug-likeness (QED) is 0.536. The molecular formula is C20H12FNO4. The molecule has 0 amide bonds. The van der Waals surface area contributed by atoms with Gasteiger partial charge in [-0.3, -0.25) is 9.36 Å². The number of benzene rings is 2. The molecule has 0 fully saturated rings. The fraction of sp³-hybridized carbons (Fsp3) is 0.100. The van der Waals surface area contributed by atoms with E-state index < -0.39 is 16.9 Å². The number of aromatic nitrogens is 1. The molecule has 5 rings (SSSR count). The Labute approximate surface area is 145 Å². The molecule has 1 atom stereocenters. The van der Waals surface area contributed by atoms with E-state index in [1.165, 1.54) is 12.1 Å². The second kappa shape index (κ2) is 5.05. The van der Waals surface area contributed by atoms with E-state index in [0.29, 0.717) is 17.3 Å². The molecule has 0 radical (unpaired) electrons. The third-order valence-electron chi connectivity index (χ3n) is 4.96. The first kappa shape index (κ1) is 14.9. The van der Waals surface area contributed by atoms with E-state index in [-0.39, 0.29) is 22.8 Å². The smallest absolute Gasteiger partial charge is 0.339 e. The van der Waals surface area contributed by atoms with E-state index in [0.717, 1.165) is 17.2 Å². The first-order valence-electron chi connectivity index (χ1n) is 8.13. The molecule has 1 N–H and O–H groups in total. The summed E-state index contributed by atoms with van der Waals surface area (Å²) in [4.78, 5) is 24.8. The van der Waals surface area contributed by atoms with E-state index in [9.17, 15) is 19.1 Å². The highest BCUT2D eigenvalue weighted by molar-refractivity contribution is 6.05. The number of hydrogen-bond acceptors (Lipinski definition) is 4. The van der Waals surface area contributed by atoms with Crippen LogP contribution in [-0.4, -0.2) is 9.67 Å². The Morgan fingerprint density at radius 2 is 1.88 bits per heavy atom. The number of para-hydroxylation sites is 1. The SMILES string of the molecule is O=c1cc(O)c2c(=O)n3c4c(cccc4c2o1)CC3c1ccc(F)cc1. The molecule has 0 aliphatic carbocycles. The molecule has 0 spiro atoms. The third kappa shape index (κ3) is 1.89. The Morgan fingerprint density at radius 3 is 2.65 bits per heavy atom. The van der Waals surface area contributed by atoms with Crippen molar-refractivity contribution in [2.45, 2.75) is 12.5 Å². The summed E-state index contributed by atoms with van der Waals surface area (Å²) in [6, 6.07) is 12.1. The highest BCUT2D eigenvalue weighted by atomic mass is 19.1. The van der Waals surface area contributed by atoms with Crippen molar-refractivity contribution in [1.82, 2.24) is 4.57 Å². The summed E-state index contributed by atoms with van der Waals surface area (Å²) < 4.78 is 20.1. The molecule has 26 heavy (non-hydrogen) atoms. The molecule has 0 saturated carbocycles. The molecule has 1 aliphatic heterocycles. The zero-order valence-corrected chi connectivity index (χ0v) is 13.4. The summed E-state index contributed by atoms with van der Waals surface area (Å²) >= 11 is 0. The third-order valence-corrected chi connectivity index (χ3v) is 4.96. The van der Waals surface area contributed by atoms with Gasteiger partial charge in [-0.2, -0.15) is 0 Å². The summed E-state index contributed by atoms with van der Waals surface area (Å²) in [5.41, 5.74) is 1.34. The number of pyridine rings is 1. The number of nitrogens with zero attached hydrogens (tertiary/aromatic N) is 1. The van der Waals surface area contributed by atoms with Gasteiger partial charge < -0.3 is 9.52 Å². The van der Waals surface area contributed by atoms with Crippen LogP contribution < -0.4 is 11.2 Å². The van der Waals surface area contributed by atoms with Gasteiger partial charge in [0.05, 0.1) is 17.6 Å². The maximum atomic E-state index is 13.3. The van der Waals surface area contributed by atoms with E-state index in [1.807, 2.05) is 12.1 Å². The minimum atomic E-state index is -0.715. The molecule has 2 aromatic heterocycles. The van der Waals surface area contributed by atoms with Crippen LogP contribution in [0.5, 0.6) is 5.75 Å². The Morgan fingerprint density at radius 1 is 1.12 bits per heavy atom. The van der Waals surface area contributed by atoms with E-state index in [4.69, 9.17) is 4.42 Å². The summed E-state index contributed by atoms with van der Waals surface area (Å²) in [5, 5.41) is 10.8. The molecular weight excluding hydrogens is 337 g/mol. The largest absolute Gasteiger partial charge is 0.507 e. The van der Waals surface area contributed by atoms with Crippen LogP contribution in [0.4, 0.5) is 4.39 Å². The molecule has 2 aromatic carbocycles. The molecule has 1 aliphatic rings. The van der Waals surface area contributed by atoms with Crippen LogP contribution in [-0.2, 0) is 6.42 Å². The number of hydrogen-bond donors (Lipinski definition) is 1. The molecule has 5 nitrogen and oxygen atoms in total. The van der Waals surface area contributed by atoms with Gasteiger partial charge in [-0.15, -0.1) is 0 Å². The van der Waals surface area contributed by atoms with E-state index in [2.05, 4.69) is 0 Å². The van der Waals surface area contributed by atoms with Crippen molar-refractivity contribution >= 4 is 21.9 Å². The lowest BCUT2D eigenvalue weighted by atomic mass is 10.0. The summed E-state index contributed by atoms with van der Waals surface area (Å²) in [5.74, 6) is -0.748. The minimum Gasteiger partial charge on any atom is -0.507 e. The van der Waals surface area contributed by atoms with Crippen molar-refractivity contribution in [2.75, 3.05) is 0 Å². The zero-order valence-electron chi connectivity index (χ0n) is 13.4. The topological polar surface area (TPSA) is 72.4 Å². The Kier molecular flexibility index (Phi) is 2.89. The van der Waals surface area contributed by atoms with E-state index in [1.54, 1.807) is 22.8 Å². The maximum absolute atomic E-state index is 13.3. The Bertz CT molecular complexity index is 1320. The van der Waals surface area contributed by atoms with Gasteiger partial charge in [-0.05, 0) is 35.7 Å². The van der Waals surface area contributed by atoms with E-state index >= 15 is 0 Å². The van der Waals surface area contributed by atoms with Crippen LogP contribution in [0.2, 0.25) is 0 Å². The van der Waals surface area contributed by atoms with Gasteiger partial charge in [-0.1, -0.05) is 24.3 Å². The normalized spacial score (nSPS) is 15.8. The second-order valence-electron chi connectivity index (χ2n) is 6.41. The van der Waals surface area contributed by atoms with Gasteiger partial charge in [0.2, 0.25) is 0 Å². The fourth-order valence-electron chi connectivity index (χ4n) is 3.87. The molecule has 1 unspecified atom stereocenters. The van der Waals surface area contributed by atoms with Crippen molar-refractivity contribution in [2.24, 2.45) is 0 Å². The van der Waals surface area contributed by atoms with Crippen molar-refractivity contribution in [1.29, 1.82) is 0 Å². The van der Waals surface area contributed by atoms with Crippen molar-refractivity contribution in [3.8, 4) is 5.75 Å². The zero-order chi connectivity index (χ0) is 18.0. The van der Waals surface area contributed by atoms with Crippen LogP contribution >= 0.6 is 0 Å². The standard InChI is InChI=1S/C20H12FNO4/c21-12-6-4-10(5-7-12)14-8-11-2-1-3-13-18(11)22(14)20(25)17-15(23)9-16(24)26-19(13)17/h1-7,9,14,23H,8H2. The van der Waals surface area contributed by atoms with Crippen molar-refractivity contribution < 1.29 is 13.9 Å². The number of rotatable bonds is 1. The fourth-order valence-corrected chi connectivity index (χ4v) is 3.87. The highest BCUT2D eigenvalue weighted by Crippen LogP contribution is 2.38. The number of halogens is 1. The predicted molar refractivity (Wildman–Crippen MR) is 94.2 cm³/mol. The summed E-state index contributed by atoms with van der Waals surface area (Å²) in [6.07, 6.45) is 0.555. The van der Waals surface area contributed by atoms with Gasteiger partial charge in [0.1, 0.15) is 17.0 Å². The van der Waals surface area contributed by atoms with Gasteiger partial charge in [0, 0.05) is 5.39 Å². The van der Waals surface area contributed by atoms with Crippen LogP contribution in [0.15, 0.2) is 62.5 Å². The van der Waals surface area contributed by atoms with Crippen molar-refractivity contribution in [3.63, 3.8) is 0 Å². The monoisotopic (exact) mass is 349 g/mol. The van der Waals surface area contributed by atoms with Gasteiger partial charge in [-0.25, -0.2) is 9.18 Å². The lowest BCUT2D eigenvalue weighted by molar-refractivity contribution is 0.467. The van der Waals surface area contributed by atoms with Gasteiger partial charge >= 0.3 is 5.63 Å². The van der Waals surface area contributed by atoms with Crippen LogP contribution in [0.3, 0.4) is 0 Å². The first-order valence-corrected chi connectivity index (χ1v) is 8.13. The molecule has 6 heteroatoms. The highest BCUT2D eigenvalue weighted by Gasteiger charge is 2.30. The molecule has 128 valence electrons. The van der Waals surface area contributed by atoms with Crippen LogP contribution in [0, 0.1) is 5.82 Å². The lowest BCUT2D eigenvalue weighted by Crippen LogP contribution is -2.24.